The van der Waals surface area contributed by atoms with Crippen molar-refractivity contribution in [3.8, 4) is 0 Å². The molecular weight excluding hydrogens is 859 g/mol. The summed E-state index contributed by atoms with van der Waals surface area (Å²) >= 11 is 4.56. The molecule has 2 bridgehead atoms. The molecule has 11 atom stereocenters. The van der Waals surface area contributed by atoms with E-state index >= 15 is 0 Å². The van der Waals surface area contributed by atoms with E-state index in [1.54, 1.807) is 6.33 Å². The summed E-state index contributed by atoms with van der Waals surface area (Å²) in [4.78, 5) is 37.7. The van der Waals surface area contributed by atoms with Gasteiger partial charge in [-0.15, -0.1) is 0 Å². The molecule has 3 unspecified atom stereocenters. The SMILES string of the molecule is CC(C)(C)[Si](C)(C)OC1[C@H]2OP(=O)(O)OC[C@@]34C[C@@H]3[C@@H](n3cnc5c(N)ncnc53)C(O[Si](C)(C)C(C)(C)C)[C@@H]4O[P@@](=O)(S)OC[C@H]1O[C@H]2n1cnc2c(N)ncnc21. The van der Waals surface area contributed by atoms with Crippen molar-refractivity contribution in [2.45, 2.75) is 127 Å². The van der Waals surface area contributed by atoms with Gasteiger partial charge in [0.1, 0.15) is 48.1 Å². The number of thiol groups is 1. The van der Waals surface area contributed by atoms with Gasteiger partial charge in [-0.05, 0) is 48.6 Å². The van der Waals surface area contributed by atoms with Crippen LogP contribution in [0.5, 0.6) is 0 Å². The zero-order valence-corrected chi connectivity index (χ0v) is 39.4. The average Bonchev–Trinajstić information content (AvgIpc) is 3.40. The third-order valence-corrected chi connectivity index (χ3v) is 24.8. The lowest BCUT2D eigenvalue weighted by molar-refractivity contribution is -0.0580. The molecular formula is C34H54N10O10P2SSi2. The van der Waals surface area contributed by atoms with Gasteiger partial charge in [0.15, 0.2) is 45.8 Å². The number of hydrogen-bond donors (Lipinski definition) is 4. The second-order valence-corrected chi connectivity index (χ2v) is 32.8. The maximum absolute atomic E-state index is 14.7. The lowest BCUT2D eigenvalue weighted by Crippen LogP contribution is -2.50. The average molecular weight is 913 g/mol. The molecule has 0 aromatic carbocycles. The van der Waals surface area contributed by atoms with Gasteiger partial charge < -0.3 is 34.5 Å². The summed E-state index contributed by atoms with van der Waals surface area (Å²) in [5.41, 5.74) is 12.8. The molecule has 2 aliphatic carbocycles. The Bertz CT molecular complexity index is 2380. The Hall–Kier alpha value is -2.38. The highest BCUT2D eigenvalue weighted by atomic mass is 32.7. The van der Waals surface area contributed by atoms with Gasteiger partial charge >= 0.3 is 14.6 Å². The van der Waals surface area contributed by atoms with Gasteiger partial charge in [0.2, 0.25) is 0 Å². The van der Waals surface area contributed by atoms with Crippen LogP contribution in [0.2, 0.25) is 36.3 Å². The number of rotatable bonds is 6. The van der Waals surface area contributed by atoms with Crippen LogP contribution in [0.25, 0.3) is 22.3 Å². The number of nitrogens with zero attached hydrogens (tertiary/aromatic N) is 8. The van der Waals surface area contributed by atoms with Crippen molar-refractivity contribution in [3.63, 3.8) is 0 Å². The van der Waals surface area contributed by atoms with Crippen molar-refractivity contribution in [3.05, 3.63) is 25.3 Å². The van der Waals surface area contributed by atoms with E-state index in [1.165, 1.54) is 23.5 Å². The van der Waals surface area contributed by atoms with E-state index < -0.39 is 79.5 Å². The number of nitrogens with two attached hydrogens (primary N) is 2. The number of phosphoric ester groups is 1. The zero-order chi connectivity index (χ0) is 42.9. The van der Waals surface area contributed by atoms with Crippen LogP contribution in [-0.2, 0) is 40.8 Å². The molecule has 0 amide bonds. The number of aromatic nitrogens is 8. The third kappa shape index (κ3) is 7.54. The summed E-state index contributed by atoms with van der Waals surface area (Å²) < 4.78 is 78.2. The van der Waals surface area contributed by atoms with E-state index in [2.05, 4.69) is 96.8 Å². The van der Waals surface area contributed by atoms with Crippen molar-refractivity contribution in [1.82, 2.24) is 39.0 Å². The molecule has 324 valence electrons. The van der Waals surface area contributed by atoms with Crippen LogP contribution < -0.4 is 11.5 Å². The fourth-order valence-electron chi connectivity index (χ4n) is 8.00. The van der Waals surface area contributed by atoms with E-state index in [1.807, 2.05) is 17.7 Å². The van der Waals surface area contributed by atoms with E-state index in [0.717, 1.165) is 0 Å². The number of fused-ring (bicyclic) bond motifs is 4. The first-order chi connectivity index (χ1) is 27.3. The smallest absolute Gasteiger partial charge is 0.409 e. The van der Waals surface area contributed by atoms with Crippen LogP contribution in [0.3, 0.4) is 0 Å². The number of phosphoric acid groups is 1. The van der Waals surface area contributed by atoms with Gasteiger partial charge in [-0.2, -0.15) is 0 Å². The molecule has 4 aromatic rings. The van der Waals surface area contributed by atoms with E-state index in [9.17, 15) is 14.0 Å². The predicted octanol–water partition coefficient (Wildman–Crippen LogP) is 6.03. The largest absolute Gasteiger partial charge is 0.472 e. The summed E-state index contributed by atoms with van der Waals surface area (Å²) in [7, 11) is -10.3. The molecule has 1 spiro atoms. The summed E-state index contributed by atoms with van der Waals surface area (Å²) in [6, 6.07) is -0.507. The van der Waals surface area contributed by atoms with Crippen molar-refractivity contribution < 1.29 is 45.7 Å². The molecule has 4 aliphatic rings. The van der Waals surface area contributed by atoms with E-state index in [4.69, 9.17) is 43.2 Å². The standard InChI is InChI=1S/C34H54N10O10P2SSi2/c1-32(2,3)58(7,8)53-23-19-12-48-56(47,57)52-26-24(54-59(9,10)33(4,5)6)22(43-16-41-20-27(35)37-14-39-29(20)43)18-11-34(18,26)13-49-55(45,46)51-25(23)31(50-19)44-17-42-21-28(36)38-15-40-30(21)44/h14-19,22-26,31H,11-13H2,1-10H3,(H,45,46)(H,47,57)(H2,35,37,39)(H2,36,38,40)/t18-,19-,22-,23?,24?,25-,26+,31-,34+,56+/m1/s1. The number of anilines is 2. The fourth-order valence-corrected chi connectivity index (χ4v) is 13.1. The predicted molar refractivity (Wildman–Crippen MR) is 225 cm³/mol. The minimum atomic E-state index is -4.97. The van der Waals surface area contributed by atoms with Crippen LogP contribution >= 0.6 is 26.9 Å². The molecule has 8 rings (SSSR count). The molecule has 2 saturated heterocycles. The second-order valence-electron chi connectivity index (χ2n) is 19.1. The molecule has 25 heteroatoms. The highest BCUT2D eigenvalue weighted by Gasteiger charge is 2.75. The molecule has 20 nitrogen and oxygen atoms in total. The molecule has 2 aliphatic heterocycles. The fraction of sp³-hybridized carbons (Fsp3) is 0.706. The van der Waals surface area contributed by atoms with Crippen LogP contribution in [0.4, 0.5) is 11.6 Å². The topological polar surface area (TPSA) is 258 Å². The summed E-state index contributed by atoms with van der Waals surface area (Å²) in [5.74, 6) is 0.0419. The first-order valence-electron chi connectivity index (χ1n) is 19.4. The Morgan fingerprint density at radius 2 is 1.37 bits per heavy atom. The summed E-state index contributed by atoms with van der Waals surface area (Å²) in [6.07, 6.45) is -0.170. The van der Waals surface area contributed by atoms with Crippen molar-refractivity contribution in [2.75, 3.05) is 24.7 Å². The van der Waals surface area contributed by atoms with Crippen LogP contribution in [0.1, 0.15) is 60.2 Å². The van der Waals surface area contributed by atoms with Gasteiger partial charge in [0.25, 0.3) is 0 Å². The number of imidazole rings is 2. The number of ether oxygens (including phenoxy) is 1. The van der Waals surface area contributed by atoms with Gasteiger partial charge in [-0.25, -0.2) is 39.0 Å². The van der Waals surface area contributed by atoms with Crippen molar-refractivity contribution in [2.24, 2.45) is 11.3 Å². The third-order valence-electron chi connectivity index (χ3n) is 13.3. The molecule has 5 N–H and O–H groups in total. The monoisotopic (exact) mass is 912 g/mol. The van der Waals surface area contributed by atoms with Gasteiger partial charge in [0.05, 0.1) is 38.0 Å². The highest BCUT2D eigenvalue weighted by molar-refractivity contribution is 8.44. The Labute approximate surface area is 349 Å². The first kappa shape index (κ1) is 43.3. The molecule has 2 saturated carbocycles. The zero-order valence-electron chi connectivity index (χ0n) is 34.7. The minimum absolute atomic E-state index is 0.128. The number of nitrogen functional groups attached to an aromatic ring is 2. The molecule has 4 fully saturated rings. The molecule has 4 aromatic heterocycles. The Morgan fingerprint density at radius 3 is 1.95 bits per heavy atom. The second kappa shape index (κ2) is 14.3. The van der Waals surface area contributed by atoms with Gasteiger partial charge in [-0.1, -0.05) is 53.8 Å². The summed E-state index contributed by atoms with van der Waals surface area (Å²) in [6.45, 7) is 15.8. The first-order valence-corrected chi connectivity index (χ1v) is 29.5. The van der Waals surface area contributed by atoms with Crippen LogP contribution in [0.15, 0.2) is 25.3 Å². The van der Waals surface area contributed by atoms with E-state index in [-0.39, 0.29) is 52.0 Å². The Kier molecular flexibility index (Phi) is 10.5. The van der Waals surface area contributed by atoms with Crippen molar-refractivity contribution in [1.29, 1.82) is 0 Å². The molecule has 59 heavy (non-hydrogen) atoms. The quantitative estimate of drug-likeness (QED) is 0.0978. The lowest BCUT2D eigenvalue weighted by atomic mass is 10.0. The normalized spacial score (nSPS) is 35.9. The molecule has 0 radical (unpaired) electrons. The maximum atomic E-state index is 14.7. The molecule has 6 heterocycles. The van der Waals surface area contributed by atoms with E-state index in [0.29, 0.717) is 17.6 Å². The van der Waals surface area contributed by atoms with Crippen LogP contribution in [-0.4, -0.2) is 104 Å². The number of hydrogen-bond acceptors (Lipinski definition) is 17. The summed E-state index contributed by atoms with van der Waals surface area (Å²) in [5, 5.41) is -0.554. The lowest BCUT2D eigenvalue weighted by Gasteiger charge is -2.43. The maximum Gasteiger partial charge on any atom is 0.472 e. The minimum Gasteiger partial charge on any atom is -0.409 e. The van der Waals surface area contributed by atoms with Crippen molar-refractivity contribution >= 4 is 77.5 Å². The van der Waals surface area contributed by atoms with Crippen LogP contribution in [0, 0.1) is 11.3 Å². The Morgan fingerprint density at radius 1 is 0.831 bits per heavy atom. The highest BCUT2D eigenvalue weighted by Crippen LogP contribution is 2.74. The van der Waals surface area contributed by atoms with Gasteiger partial charge in [-0.3, -0.25) is 22.7 Å². The Balaban J connectivity index is 1.22. The van der Waals surface area contributed by atoms with Gasteiger partial charge in [0, 0.05) is 5.41 Å².